The largest absolute Gasteiger partial charge is 0.391 e. The molecule has 2 saturated heterocycles. The lowest BCUT2D eigenvalue weighted by Crippen LogP contribution is -2.46. The maximum absolute atomic E-state index is 12.1. The molecule has 4 heteroatoms. The second kappa shape index (κ2) is 5.83. The van der Waals surface area contributed by atoms with Crippen LogP contribution < -0.4 is 5.32 Å². The van der Waals surface area contributed by atoms with E-state index >= 15 is 0 Å². The van der Waals surface area contributed by atoms with Crippen LogP contribution in [0.15, 0.2) is 0 Å². The van der Waals surface area contributed by atoms with E-state index in [0.29, 0.717) is 24.8 Å². The average Bonchev–Trinajstić information content (AvgIpc) is 2.34. The highest BCUT2D eigenvalue weighted by Gasteiger charge is 2.28. The predicted octanol–water partition coefficient (Wildman–Crippen LogP) is 0.605. The topological polar surface area (TPSA) is 52.6 Å². The Hall–Kier alpha value is -0.610. The number of hydrogen-bond acceptors (Lipinski definition) is 3. The molecule has 0 bridgehead atoms. The third kappa shape index (κ3) is 3.42. The van der Waals surface area contributed by atoms with Gasteiger partial charge in [0.25, 0.3) is 0 Å². The second-order valence-corrected chi connectivity index (χ2v) is 5.59. The molecule has 0 spiro atoms. The van der Waals surface area contributed by atoms with Crippen LogP contribution in [0.3, 0.4) is 0 Å². The fourth-order valence-electron chi connectivity index (χ4n) is 2.75. The van der Waals surface area contributed by atoms with Gasteiger partial charge < -0.3 is 15.3 Å². The van der Waals surface area contributed by atoms with Gasteiger partial charge in [-0.1, -0.05) is 6.92 Å². The molecule has 17 heavy (non-hydrogen) atoms. The number of rotatable bonds is 2. The van der Waals surface area contributed by atoms with Gasteiger partial charge in [0.05, 0.1) is 6.10 Å². The molecule has 0 aliphatic carbocycles. The van der Waals surface area contributed by atoms with Crippen molar-refractivity contribution in [2.75, 3.05) is 26.2 Å². The number of β-amino-alcohol motifs (C(OH)–C–C–N with tert-alkyl or cyclic N) is 1. The van der Waals surface area contributed by atoms with E-state index in [1.165, 1.54) is 6.42 Å². The highest BCUT2D eigenvalue weighted by atomic mass is 16.3. The Morgan fingerprint density at radius 1 is 1.47 bits per heavy atom. The van der Waals surface area contributed by atoms with Crippen molar-refractivity contribution in [2.24, 2.45) is 11.8 Å². The predicted molar refractivity (Wildman–Crippen MR) is 66.6 cm³/mol. The maximum Gasteiger partial charge on any atom is 0.222 e. The number of aliphatic hydroxyl groups excluding tert-OH is 1. The zero-order chi connectivity index (χ0) is 12.3. The van der Waals surface area contributed by atoms with Gasteiger partial charge in [0.15, 0.2) is 0 Å². The van der Waals surface area contributed by atoms with Gasteiger partial charge in [-0.25, -0.2) is 0 Å². The molecule has 2 rings (SSSR count). The molecule has 1 amide bonds. The zero-order valence-corrected chi connectivity index (χ0v) is 10.7. The molecule has 2 aliphatic rings. The van der Waals surface area contributed by atoms with Crippen LogP contribution in [0.25, 0.3) is 0 Å². The minimum absolute atomic E-state index is 0.227. The Morgan fingerprint density at radius 2 is 2.29 bits per heavy atom. The molecule has 2 N–H and O–H groups in total. The molecule has 3 unspecified atom stereocenters. The summed E-state index contributed by atoms with van der Waals surface area (Å²) >= 11 is 0. The molecule has 4 nitrogen and oxygen atoms in total. The van der Waals surface area contributed by atoms with Crippen molar-refractivity contribution in [3.8, 4) is 0 Å². The van der Waals surface area contributed by atoms with Crippen LogP contribution in [0.2, 0.25) is 0 Å². The van der Waals surface area contributed by atoms with Gasteiger partial charge in [0, 0.05) is 19.5 Å². The number of aliphatic hydroxyl groups is 1. The number of likely N-dealkylation sites (tertiary alicyclic amines) is 1. The average molecular weight is 240 g/mol. The lowest BCUT2D eigenvalue weighted by atomic mass is 9.93. The van der Waals surface area contributed by atoms with Crippen LogP contribution in [0.1, 0.15) is 32.6 Å². The van der Waals surface area contributed by atoms with E-state index in [-0.39, 0.29) is 12.0 Å². The van der Waals surface area contributed by atoms with E-state index in [0.717, 1.165) is 32.5 Å². The highest BCUT2D eigenvalue weighted by Crippen LogP contribution is 2.20. The number of amides is 1. The number of hydrogen-bond donors (Lipinski definition) is 2. The summed E-state index contributed by atoms with van der Waals surface area (Å²) in [6.45, 7) is 5.46. The summed E-state index contributed by atoms with van der Waals surface area (Å²) in [6.07, 6.45) is 3.57. The minimum Gasteiger partial charge on any atom is -0.391 e. The Kier molecular flexibility index (Phi) is 4.40. The molecule has 0 aromatic rings. The van der Waals surface area contributed by atoms with Gasteiger partial charge in [-0.15, -0.1) is 0 Å². The van der Waals surface area contributed by atoms with E-state index < -0.39 is 0 Å². The van der Waals surface area contributed by atoms with Crippen molar-refractivity contribution in [3.05, 3.63) is 0 Å². The molecule has 0 saturated carbocycles. The summed E-state index contributed by atoms with van der Waals surface area (Å²) in [4.78, 5) is 14.0. The normalized spacial score (nSPS) is 34.7. The van der Waals surface area contributed by atoms with Crippen molar-refractivity contribution < 1.29 is 9.90 Å². The number of carbonyl (C=O) groups excluding carboxylic acids is 1. The third-order valence-corrected chi connectivity index (χ3v) is 4.13. The number of nitrogens with one attached hydrogen (secondary N) is 1. The van der Waals surface area contributed by atoms with Crippen LogP contribution >= 0.6 is 0 Å². The lowest BCUT2D eigenvalue weighted by Gasteiger charge is -2.35. The quantitative estimate of drug-likeness (QED) is 0.743. The van der Waals surface area contributed by atoms with Crippen molar-refractivity contribution in [1.82, 2.24) is 10.2 Å². The van der Waals surface area contributed by atoms with Crippen LogP contribution in [-0.4, -0.2) is 48.2 Å². The smallest absolute Gasteiger partial charge is 0.222 e. The minimum atomic E-state index is -0.336. The van der Waals surface area contributed by atoms with Gasteiger partial charge in [-0.05, 0) is 44.2 Å². The molecule has 0 aromatic heterocycles. The third-order valence-electron chi connectivity index (χ3n) is 4.13. The van der Waals surface area contributed by atoms with Crippen molar-refractivity contribution in [3.63, 3.8) is 0 Å². The Labute approximate surface area is 103 Å². The fourth-order valence-corrected chi connectivity index (χ4v) is 2.75. The second-order valence-electron chi connectivity index (χ2n) is 5.59. The molecule has 2 fully saturated rings. The first kappa shape index (κ1) is 12.8. The van der Waals surface area contributed by atoms with Crippen LogP contribution in [0.4, 0.5) is 0 Å². The monoisotopic (exact) mass is 240 g/mol. The van der Waals surface area contributed by atoms with Gasteiger partial charge >= 0.3 is 0 Å². The first-order valence-corrected chi connectivity index (χ1v) is 6.83. The maximum atomic E-state index is 12.1. The summed E-state index contributed by atoms with van der Waals surface area (Å²) in [6, 6.07) is 0. The van der Waals surface area contributed by atoms with Gasteiger partial charge in [0.2, 0.25) is 5.91 Å². The standard InChI is InChI=1S/C13H24N2O2/c1-10-4-6-15(9-12(10)16)13(17)7-11-3-2-5-14-8-11/h10-12,14,16H,2-9H2,1H3. The molecule has 98 valence electrons. The van der Waals surface area contributed by atoms with E-state index in [2.05, 4.69) is 12.2 Å². The summed E-state index contributed by atoms with van der Waals surface area (Å²) < 4.78 is 0. The summed E-state index contributed by atoms with van der Waals surface area (Å²) in [5.74, 6) is 1.05. The van der Waals surface area contributed by atoms with E-state index in [1.54, 1.807) is 0 Å². The molecule has 0 aromatic carbocycles. The fraction of sp³-hybridized carbons (Fsp3) is 0.923. The van der Waals surface area contributed by atoms with E-state index in [4.69, 9.17) is 0 Å². The molecule has 2 aliphatic heterocycles. The van der Waals surface area contributed by atoms with E-state index in [9.17, 15) is 9.90 Å². The molecule has 2 heterocycles. The molecular weight excluding hydrogens is 216 g/mol. The lowest BCUT2D eigenvalue weighted by molar-refractivity contribution is -0.136. The van der Waals surface area contributed by atoms with Crippen molar-refractivity contribution in [1.29, 1.82) is 0 Å². The van der Waals surface area contributed by atoms with Crippen LogP contribution in [0, 0.1) is 11.8 Å². The highest BCUT2D eigenvalue weighted by molar-refractivity contribution is 5.76. The first-order valence-electron chi connectivity index (χ1n) is 6.83. The summed E-state index contributed by atoms with van der Waals surface area (Å²) in [5, 5.41) is 13.1. The Balaban J connectivity index is 1.79. The molecule has 3 atom stereocenters. The molecule has 0 radical (unpaired) electrons. The zero-order valence-electron chi connectivity index (χ0n) is 10.7. The van der Waals surface area contributed by atoms with Crippen molar-refractivity contribution >= 4 is 5.91 Å². The SMILES string of the molecule is CC1CCN(C(=O)CC2CCCNC2)CC1O. The van der Waals surface area contributed by atoms with Gasteiger partial charge in [-0.2, -0.15) is 0 Å². The van der Waals surface area contributed by atoms with Gasteiger partial charge in [-0.3, -0.25) is 4.79 Å². The van der Waals surface area contributed by atoms with Crippen LogP contribution in [-0.2, 0) is 4.79 Å². The number of piperidine rings is 2. The Bertz CT molecular complexity index is 264. The number of carbonyl (C=O) groups is 1. The summed E-state index contributed by atoms with van der Waals surface area (Å²) in [7, 11) is 0. The first-order chi connectivity index (χ1) is 8.16. The molecular formula is C13H24N2O2. The van der Waals surface area contributed by atoms with E-state index in [1.807, 2.05) is 4.90 Å². The van der Waals surface area contributed by atoms with Crippen LogP contribution in [0.5, 0.6) is 0 Å². The van der Waals surface area contributed by atoms with Crippen molar-refractivity contribution in [2.45, 2.75) is 38.7 Å². The Morgan fingerprint density at radius 3 is 2.94 bits per heavy atom. The summed E-state index contributed by atoms with van der Waals surface area (Å²) in [5.41, 5.74) is 0. The van der Waals surface area contributed by atoms with Gasteiger partial charge in [0.1, 0.15) is 0 Å². The number of nitrogens with zero attached hydrogens (tertiary/aromatic N) is 1.